The Morgan fingerprint density at radius 1 is 1.56 bits per heavy atom. The van der Waals surface area contributed by atoms with Crippen molar-refractivity contribution in [2.24, 2.45) is 5.10 Å². The van der Waals surface area contributed by atoms with E-state index in [-0.39, 0.29) is 4.68 Å². The van der Waals surface area contributed by atoms with E-state index in [0.29, 0.717) is 0 Å². The highest BCUT2D eigenvalue weighted by Crippen LogP contribution is 2.38. The Balaban J connectivity index is 2.63. The molecule has 1 aliphatic rings. The number of hydrogen-bond acceptors (Lipinski definition) is 8. The SMILES string of the molecule is COC(=O)C1=NNc2nnnn2C1(O)C(F)(F)F. The average Bonchev–Trinajstić information content (AvgIpc) is 2.76. The highest BCUT2D eigenvalue weighted by atomic mass is 19.4. The van der Waals surface area contributed by atoms with Crippen LogP contribution in [0.4, 0.5) is 19.1 Å². The molecule has 1 aromatic rings. The summed E-state index contributed by atoms with van der Waals surface area (Å²) in [7, 11) is 0.844. The lowest BCUT2D eigenvalue weighted by molar-refractivity contribution is -0.269. The Labute approximate surface area is 96.2 Å². The minimum Gasteiger partial charge on any atom is -0.464 e. The molecule has 0 saturated carbocycles. The summed E-state index contributed by atoms with van der Waals surface area (Å²) in [6.07, 6.45) is -5.27. The van der Waals surface area contributed by atoms with Crippen LogP contribution in [0.2, 0.25) is 0 Å². The van der Waals surface area contributed by atoms with Crippen molar-refractivity contribution >= 4 is 17.6 Å². The summed E-state index contributed by atoms with van der Waals surface area (Å²) in [5.41, 5.74) is -3.12. The molecular weight excluding hydrogens is 261 g/mol. The summed E-state index contributed by atoms with van der Waals surface area (Å²) in [5, 5.41) is 21.9. The van der Waals surface area contributed by atoms with Gasteiger partial charge in [0, 0.05) is 0 Å². The molecule has 0 aliphatic carbocycles. The third-order valence-electron chi connectivity index (χ3n) is 2.15. The van der Waals surface area contributed by atoms with Gasteiger partial charge in [-0.3, -0.25) is 0 Å². The number of halogens is 3. The fourth-order valence-electron chi connectivity index (χ4n) is 1.30. The molecule has 12 heteroatoms. The molecule has 1 aromatic heterocycles. The zero-order chi connectivity index (χ0) is 13.6. The van der Waals surface area contributed by atoms with E-state index >= 15 is 0 Å². The number of alkyl halides is 3. The van der Waals surface area contributed by atoms with Crippen molar-refractivity contribution in [3.05, 3.63) is 0 Å². The van der Waals surface area contributed by atoms with Crippen molar-refractivity contribution < 1.29 is 27.8 Å². The summed E-state index contributed by atoms with van der Waals surface area (Å²) in [6.45, 7) is 0. The summed E-state index contributed by atoms with van der Waals surface area (Å²) in [4.78, 5) is 11.2. The largest absolute Gasteiger partial charge is 0.464 e. The van der Waals surface area contributed by atoms with Crippen molar-refractivity contribution in [3.8, 4) is 0 Å². The van der Waals surface area contributed by atoms with Crippen LogP contribution < -0.4 is 5.43 Å². The van der Waals surface area contributed by atoms with Gasteiger partial charge in [-0.25, -0.2) is 10.2 Å². The minimum absolute atomic E-state index is 0.00769. The zero-order valence-electron chi connectivity index (χ0n) is 8.63. The molecule has 1 aliphatic heterocycles. The normalized spacial score (nSPS) is 22.8. The third kappa shape index (κ3) is 1.42. The van der Waals surface area contributed by atoms with Crippen LogP contribution in [0.5, 0.6) is 0 Å². The van der Waals surface area contributed by atoms with Gasteiger partial charge >= 0.3 is 17.9 Å². The second-order valence-electron chi connectivity index (χ2n) is 3.15. The molecule has 0 spiro atoms. The predicted octanol–water partition coefficient (Wildman–Crippen LogP) is -1.17. The number of carbonyl (C=O) groups is 1. The van der Waals surface area contributed by atoms with Crippen LogP contribution in [-0.2, 0) is 15.3 Å². The van der Waals surface area contributed by atoms with Crippen LogP contribution >= 0.6 is 0 Å². The minimum atomic E-state index is -5.27. The monoisotopic (exact) mass is 266 g/mol. The zero-order valence-corrected chi connectivity index (χ0v) is 8.63. The quantitative estimate of drug-likeness (QED) is 0.616. The van der Waals surface area contributed by atoms with Gasteiger partial charge in [-0.05, 0) is 10.4 Å². The molecule has 2 heterocycles. The Kier molecular flexibility index (Phi) is 2.46. The van der Waals surface area contributed by atoms with Gasteiger partial charge in [-0.2, -0.15) is 23.0 Å². The predicted molar refractivity (Wildman–Crippen MR) is 47.1 cm³/mol. The van der Waals surface area contributed by atoms with E-state index in [4.69, 9.17) is 0 Å². The number of rotatable bonds is 1. The van der Waals surface area contributed by atoms with Crippen LogP contribution in [0.15, 0.2) is 5.10 Å². The first kappa shape index (κ1) is 12.2. The second-order valence-corrected chi connectivity index (χ2v) is 3.15. The maximum absolute atomic E-state index is 12.9. The first-order valence-electron chi connectivity index (χ1n) is 4.33. The van der Waals surface area contributed by atoms with E-state index in [1.54, 1.807) is 0 Å². The topological polar surface area (TPSA) is 115 Å². The molecule has 0 aromatic carbocycles. The maximum atomic E-state index is 12.9. The van der Waals surface area contributed by atoms with Crippen LogP contribution in [0.1, 0.15) is 0 Å². The van der Waals surface area contributed by atoms with Gasteiger partial charge in [0.05, 0.1) is 7.11 Å². The maximum Gasteiger partial charge on any atom is 0.445 e. The van der Waals surface area contributed by atoms with E-state index in [9.17, 15) is 23.1 Å². The van der Waals surface area contributed by atoms with Crippen molar-refractivity contribution in [2.75, 3.05) is 12.5 Å². The van der Waals surface area contributed by atoms with Crippen molar-refractivity contribution in [1.29, 1.82) is 0 Å². The van der Waals surface area contributed by atoms with Crippen LogP contribution in [0, 0.1) is 0 Å². The number of carbonyl (C=O) groups excluding carboxylic acids is 1. The number of hydrazone groups is 1. The van der Waals surface area contributed by atoms with Gasteiger partial charge in [0.1, 0.15) is 0 Å². The standard InChI is InChI=1S/C6H5F3N6O3/c1-18-3(16)2-5(17,6(7,8)9)15-4(11-10-2)12-13-14-15/h17H,1H3,(H,11,12,14). The molecule has 0 radical (unpaired) electrons. The number of nitrogens with zero attached hydrogens (tertiary/aromatic N) is 5. The van der Waals surface area contributed by atoms with Crippen LogP contribution in [-0.4, -0.2) is 50.3 Å². The van der Waals surface area contributed by atoms with E-state index in [2.05, 4.69) is 25.4 Å². The van der Waals surface area contributed by atoms with Gasteiger partial charge in [-0.1, -0.05) is 5.10 Å². The molecule has 2 rings (SSSR count). The molecule has 2 N–H and O–H groups in total. The van der Waals surface area contributed by atoms with Gasteiger partial charge in [-0.15, -0.1) is 0 Å². The first-order valence-corrected chi connectivity index (χ1v) is 4.33. The van der Waals surface area contributed by atoms with Gasteiger partial charge in [0.25, 0.3) is 5.95 Å². The summed E-state index contributed by atoms with van der Waals surface area (Å²) in [5.74, 6) is -2.04. The smallest absolute Gasteiger partial charge is 0.445 e. The average molecular weight is 266 g/mol. The molecule has 1 atom stereocenters. The Morgan fingerprint density at radius 2 is 2.22 bits per heavy atom. The van der Waals surface area contributed by atoms with E-state index in [1.807, 2.05) is 5.43 Å². The molecular formula is C6H5F3N6O3. The van der Waals surface area contributed by atoms with Crippen LogP contribution in [0.25, 0.3) is 0 Å². The lowest BCUT2D eigenvalue weighted by Crippen LogP contribution is -2.59. The number of aromatic nitrogens is 4. The first-order chi connectivity index (χ1) is 8.32. The number of ether oxygens (including phenoxy) is 1. The molecule has 0 fully saturated rings. The Bertz CT molecular complexity index is 525. The molecule has 18 heavy (non-hydrogen) atoms. The van der Waals surface area contributed by atoms with Crippen LogP contribution in [0.3, 0.4) is 0 Å². The molecule has 0 amide bonds. The van der Waals surface area contributed by atoms with Gasteiger partial charge in [0.2, 0.25) is 5.71 Å². The van der Waals surface area contributed by atoms with E-state index < -0.39 is 29.5 Å². The number of aliphatic hydroxyl groups is 1. The second kappa shape index (κ2) is 3.63. The van der Waals surface area contributed by atoms with Gasteiger partial charge in [0.15, 0.2) is 0 Å². The highest BCUT2D eigenvalue weighted by Gasteiger charge is 2.65. The fourth-order valence-corrected chi connectivity index (χ4v) is 1.30. The Morgan fingerprint density at radius 3 is 2.78 bits per heavy atom. The van der Waals surface area contributed by atoms with Crippen molar-refractivity contribution in [1.82, 2.24) is 20.2 Å². The molecule has 0 saturated heterocycles. The number of tetrazole rings is 1. The number of hydrogen-bond donors (Lipinski definition) is 2. The third-order valence-corrected chi connectivity index (χ3v) is 2.15. The Hall–Kier alpha value is -2.24. The summed E-state index contributed by atoms with van der Waals surface area (Å²) >= 11 is 0. The summed E-state index contributed by atoms with van der Waals surface area (Å²) < 4.78 is 42.9. The van der Waals surface area contributed by atoms with E-state index in [1.165, 1.54) is 0 Å². The molecule has 1 unspecified atom stereocenters. The number of nitrogens with one attached hydrogen (secondary N) is 1. The lowest BCUT2D eigenvalue weighted by Gasteiger charge is -2.32. The highest BCUT2D eigenvalue weighted by molar-refractivity contribution is 6.39. The van der Waals surface area contributed by atoms with Crippen molar-refractivity contribution in [3.63, 3.8) is 0 Å². The molecule has 0 bridgehead atoms. The molecule has 9 nitrogen and oxygen atoms in total. The summed E-state index contributed by atoms with van der Waals surface area (Å²) in [6, 6.07) is 0. The van der Waals surface area contributed by atoms with E-state index in [0.717, 1.165) is 7.11 Å². The number of methoxy groups -OCH3 is 1. The lowest BCUT2D eigenvalue weighted by atomic mass is 10.1. The number of esters is 1. The van der Waals surface area contributed by atoms with Gasteiger partial charge < -0.3 is 9.84 Å². The number of anilines is 1. The van der Waals surface area contributed by atoms with Crippen molar-refractivity contribution in [2.45, 2.75) is 11.9 Å². The fraction of sp³-hybridized carbons (Fsp3) is 0.500. The molecule has 98 valence electrons. The number of fused-ring (bicyclic) bond motifs is 1.